The lowest BCUT2D eigenvalue weighted by Crippen LogP contribution is -2.30. The second-order valence-corrected chi connectivity index (χ2v) is 30.8. The highest BCUT2D eigenvalue weighted by Crippen LogP contribution is 2.31. The van der Waals surface area contributed by atoms with Crippen LogP contribution in [-0.4, -0.2) is 112 Å². The van der Waals surface area contributed by atoms with Crippen molar-refractivity contribution in [1.29, 1.82) is 0 Å². The molecule has 0 bridgehead atoms. The number of carbonyl (C=O) groups is 2. The maximum absolute atomic E-state index is 11.3. The number of hydrogen-bond donors (Lipinski definition) is 4. The monoisotopic (exact) mass is 1240 g/mol. The number of H-pyrrole nitrogens is 1. The van der Waals surface area contributed by atoms with E-state index in [4.69, 9.17) is 28.2 Å². The molecule has 0 spiro atoms. The topological polar surface area (TPSA) is 271 Å². The predicted molar refractivity (Wildman–Crippen MR) is 347 cm³/mol. The van der Waals surface area contributed by atoms with Crippen LogP contribution in [0.2, 0.25) is 25.7 Å². The summed E-state index contributed by atoms with van der Waals surface area (Å²) in [5.41, 5.74) is 4.81. The maximum atomic E-state index is 11.3. The molecule has 2 aliphatic rings. The summed E-state index contributed by atoms with van der Waals surface area (Å²) in [6.07, 6.45) is 30.8. The molecule has 2 saturated carbocycles. The Morgan fingerprint density at radius 3 is 1.49 bits per heavy atom. The molecule has 6 aromatic rings. The molecule has 0 saturated heterocycles. The number of aromatic nitrogens is 10. The van der Waals surface area contributed by atoms with Crippen LogP contribution in [-0.2, 0) is 21.1 Å². The lowest BCUT2D eigenvalue weighted by Gasteiger charge is -2.25. The van der Waals surface area contributed by atoms with E-state index < -0.39 is 30.8 Å². The molecule has 486 valence electrons. The molecule has 20 nitrogen and oxygen atoms in total. The Hall–Kier alpha value is -6.91. The van der Waals surface area contributed by atoms with Gasteiger partial charge in [-0.15, -0.1) is 14.7 Å². The average molecular weight is 1240 g/mol. The molecule has 2 aliphatic carbocycles. The Bertz CT molecular complexity index is 2940. The Kier molecular flexibility index (Phi) is 31.6. The zero-order valence-corrected chi connectivity index (χ0v) is 55.9. The first-order valence-electron chi connectivity index (χ1n) is 31.7. The fourth-order valence-corrected chi connectivity index (χ4v) is 9.12. The van der Waals surface area contributed by atoms with E-state index >= 15 is 0 Å². The van der Waals surface area contributed by atoms with E-state index in [0.29, 0.717) is 60.2 Å². The van der Waals surface area contributed by atoms with Crippen molar-refractivity contribution in [1.82, 2.24) is 49.9 Å². The van der Waals surface area contributed by atoms with Gasteiger partial charge in [-0.05, 0) is 109 Å². The highest BCUT2D eigenvalue weighted by atomic mass is 28.3. The lowest BCUT2D eigenvalue weighted by atomic mass is 9.95. The fourth-order valence-electron chi connectivity index (χ4n) is 8.37. The molecule has 2 fully saturated rings. The number of carboxylic acid groups (broad SMARTS) is 2. The van der Waals surface area contributed by atoms with E-state index in [-0.39, 0.29) is 25.4 Å². The van der Waals surface area contributed by atoms with Crippen LogP contribution < -0.4 is 24.9 Å². The number of pyridine rings is 4. The first-order chi connectivity index (χ1) is 42.1. The van der Waals surface area contributed by atoms with E-state index in [1.165, 1.54) is 89.9 Å². The summed E-state index contributed by atoms with van der Waals surface area (Å²) < 4.78 is 39.6. The number of halogens is 1. The lowest BCUT2D eigenvalue weighted by molar-refractivity contribution is -0.149. The van der Waals surface area contributed by atoms with E-state index in [1.807, 2.05) is 38.1 Å². The van der Waals surface area contributed by atoms with Gasteiger partial charge in [0.25, 0.3) is 0 Å². The molecule has 88 heavy (non-hydrogen) atoms. The molecule has 22 heteroatoms. The van der Waals surface area contributed by atoms with E-state index in [9.17, 15) is 19.8 Å². The predicted octanol–water partition coefficient (Wildman–Crippen LogP) is 15.7. The molecule has 0 amide bonds. The van der Waals surface area contributed by atoms with Crippen LogP contribution in [0.15, 0.2) is 61.2 Å². The number of nitrogens with one attached hydrogen (secondary N) is 1. The number of ether oxygens (including phenoxy) is 5. The van der Waals surface area contributed by atoms with Gasteiger partial charge >= 0.3 is 24.0 Å². The highest BCUT2D eigenvalue weighted by molar-refractivity contribution is 6.76. The van der Waals surface area contributed by atoms with Crippen LogP contribution in [0.4, 0.5) is 4.48 Å². The van der Waals surface area contributed by atoms with Crippen LogP contribution in [0.1, 0.15) is 182 Å². The van der Waals surface area contributed by atoms with Crippen molar-refractivity contribution in [3.63, 3.8) is 0 Å². The summed E-state index contributed by atoms with van der Waals surface area (Å²) in [6, 6.07) is 13.1. The zero-order chi connectivity index (χ0) is 64.7. The number of unbranched alkanes of at least 4 members (excludes halogenated alkanes) is 10. The van der Waals surface area contributed by atoms with Gasteiger partial charge in [-0.25, -0.2) is 9.97 Å². The van der Waals surface area contributed by atoms with E-state index in [1.54, 1.807) is 69.3 Å². The van der Waals surface area contributed by atoms with Gasteiger partial charge in [-0.2, -0.15) is 20.6 Å². The number of hydrogen-bond acceptors (Lipinski definition) is 16. The summed E-state index contributed by atoms with van der Waals surface area (Å²) in [4.78, 5) is 49.3. The largest absolute Gasteiger partial charge is 0.481 e. The molecule has 0 radical (unpaired) electrons. The third-order valence-corrected chi connectivity index (χ3v) is 16.7. The number of aliphatic carboxylic acids is 2. The Morgan fingerprint density at radius 1 is 0.648 bits per heavy atom. The number of rotatable bonds is 31. The molecule has 0 atom stereocenters. The number of nitrogens with two attached hydrogens (primary N) is 1. The highest BCUT2D eigenvalue weighted by Gasteiger charge is 2.30. The van der Waals surface area contributed by atoms with Crippen LogP contribution in [0, 0.1) is 24.7 Å². The second kappa shape index (κ2) is 37.8. The Morgan fingerprint density at radius 2 is 1.10 bits per heavy atom. The average Bonchev–Trinajstić information content (AvgIpc) is 3.20. The smallest absolute Gasteiger partial charge is 0.336 e. The van der Waals surface area contributed by atoms with Gasteiger partial charge < -0.3 is 33.9 Å². The first kappa shape index (κ1) is 73.6. The molecule has 6 aromatic heterocycles. The van der Waals surface area contributed by atoms with Crippen LogP contribution in [0.25, 0.3) is 45.3 Å². The van der Waals surface area contributed by atoms with Gasteiger partial charge in [0, 0.05) is 73.9 Å². The Balaban J connectivity index is 0.000000299. The number of nitrogens with zero attached hydrogens (tertiary/aromatic N) is 9. The number of aromatic amines is 1. The molecule has 8 rings (SSSR count). The Labute approximate surface area is 523 Å². The zero-order valence-electron chi connectivity index (χ0n) is 54.9. The summed E-state index contributed by atoms with van der Waals surface area (Å²) in [6.45, 7) is 27.4. The minimum Gasteiger partial charge on any atom is -0.481 e. The normalized spacial score (nSPS) is 13.1. The van der Waals surface area contributed by atoms with Crippen molar-refractivity contribution < 1.29 is 48.0 Å². The minimum atomic E-state index is -1.18. The van der Waals surface area contributed by atoms with Gasteiger partial charge in [-0.1, -0.05) is 137 Å². The molecular formula is C66H102FN11O9Si. The maximum Gasteiger partial charge on any atom is 0.336 e. The van der Waals surface area contributed by atoms with Gasteiger partial charge in [0.15, 0.2) is 5.82 Å². The summed E-state index contributed by atoms with van der Waals surface area (Å²) >= 11 is 0. The fraction of sp³-hybridized carbons (Fsp3) is 0.606. The molecule has 0 unspecified atom stereocenters. The molecule has 6 heterocycles. The van der Waals surface area contributed by atoms with Crippen molar-refractivity contribution >= 4 is 20.0 Å². The molecular weight excluding hydrogens is 1140 g/mol. The quantitative estimate of drug-likeness (QED) is 0.0179. The number of carboxylic acids is 2. The van der Waals surface area contributed by atoms with Gasteiger partial charge in [0.05, 0.1) is 10.8 Å². The SMILES string of the molecule is CCCCCCCC.CCCCCCCC.Cc1cc(OCC(C)(C)C(=O)O)ncc1-c1ccc(-c2nc(OC3CCC3)n(COCC[Si](C)(C)C)n2)nc1.Cc1cc(OCC(C)(C)C(=O)O)ncc1-c1ccc(-c2nc(OC3CCC3)n[nH]2)nc1.NF. The van der Waals surface area contributed by atoms with Gasteiger partial charge in [-0.3, -0.25) is 24.7 Å². The number of aryl methyl sites for hydroxylation is 2. The third-order valence-electron chi connectivity index (χ3n) is 15.0. The van der Waals surface area contributed by atoms with E-state index in [2.05, 4.69) is 98.5 Å². The summed E-state index contributed by atoms with van der Waals surface area (Å²) in [5.74, 6) is 2.99. The second-order valence-electron chi connectivity index (χ2n) is 25.2. The van der Waals surface area contributed by atoms with Crippen molar-refractivity contribution in [3.05, 3.63) is 72.3 Å². The minimum absolute atomic E-state index is 0.0276. The van der Waals surface area contributed by atoms with Gasteiger partial charge in [0.2, 0.25) is 17.6 Å². The third kappa shape index (κ3) is 25.3. The van der Waals surface area contributed by atoms with Crippen molar-refractivity contribution in [3.8, 4) is 69.1 Å². The molecule has 5 N–H and O–H groups in total. The van der Waals surface area contributed by atoms with E-state index in [0.717, 1.165) is 65.1 Å². The summed E-state index contributed by atoms with van der Waals surface area (Å²) in [7, 11) is -1.18. The van der Waals surface area contributed by atoms with Crippen molar-refractivity contribution in [2.24, 2.45) is 16.8 Å². The first-order valence-corrected chi connectivity index (χ1v) is 35.4. The van der Waals surface area contributed by atoms with Crippen LogP contribution in [0.3, 0.4) is 0 Å². The van der Waals surface area contributed by atoms with Crippen LogP contribution >= 0.6 is 0 Å². The molecule has 0 aliphatic heterocycles. The molecule has 0 aromatic carbocycles. The van der Waals surface area contributed by atoms with Crippen LogP contribution in [0.5, 0.6) is 23.8 Å². The summed E-state index contributed by atoms with van der Waals surface area (Å²) in [5, 5.41) is 30.1. The van der Waals surface area contributed by atoms with Crippen molar-refractivity contribution in [2.75, 3.05) is 19.8 Å². The van der Waals surface area contributed by atoms with Gasteiger partial charge in [0.1, 0.15) is 43.5 Å². The van der Waals surface area contributed by atoms with Crippen molar-refractivity contribution in [2.45, 2.75) is 229 Å². The standard InChI is InChI=1S/C28H39N5O5Si.C22H25N5O4.2C8H18.FH2N/c1-19-14-24(37-17-28(2,3)26(34)35)30-16-22(19)20-10-11-23(29-15-20)25-31-27(38-21-8-7-9-21)33(32-25)18-36-12-13-39(4,5)6;1-13-9-18(30-12-22(2,3)20(28)29)24-11-16(13)14-7-8-17(23-10-14)19-25-21(27-26-19)31-15-5-4-6-15;2*1-3-5-7-8-6-4-2;1-2/h10-11,14-16,21H,7-9,12-13,17-18H2,1-6H3,(H,34,35);7-11,15H,4-6,12H2,1-3H3,(H,28,29)(H,25,26,27);2*3-8H2,1-2H3;2H2.